The van der Waals surface area contributed by atoms with E-state index in [1.807, 2.05) is 72.8 Å². The maximum absolute atomic E-state index is 10.6. The number of aromatic nitrogens is 2. The molecule has 0 spiro atoms. The minimum atomic E-state index is 0.118. The van der Waals surface area contributed by atoms with Crippen molar-refractivity contribution in [2.75, 3.05) is 53.7 Å². The van der Waals surface area contributed by atoms with E-state index in [4.69, 9.17) is 37.9 Å². The number of halogens is 2. The number of nitrogens with zero attached hydrogens (tertiary/aromatic N) is 4. The van der Waals surface area contributed by atoms with Gasteiger partial charge in [0.2, 0.25) is 0 Å². The Morgan fingerprint density at radius 3 is 1.44 bits per heavy atom. The summed E-state index contributed by atoms with van der Waals surface area (Å²) >= 11 is 12.0. The molecule has 63 heavy (non-hydrogen) atoms. The molecular formula is C51H64Cl2N8O2. The van der Waals surface area contributed by atoms with Crippen molar-refractivity contribution >= 4 is 68.0 Å². The van der Waals surface area contributed by atoms with E-state index in [2.05, 4.69) is 90.8 Å². The molecule has 10 nitrogen and oxygen atoms in total. The lowest BCUT2D eigenvalue weighted by Crippen LogP contribution is -2.49. The summed E-state index contributed by atoms with van der Waals surface area (Å²) in [6.07, 6.45) is 4.37. The van der Waals surface area contributed by atoms with Crippen molar-refractivity contribution in [3.8, 4) is 11.5 Å². The zero-order valence-electron chi connectivity index (χ0n) is 37.9. The fourth-order valence-corrected chi connectivity index (χ4v) is 8.93. The molecule has 0 saturated carbocycles. The van der Waals surface area contributed by atoms with Crippen LogP contribution in [0.15, 0.2) is 97.1 Å². The summed E-state index contributed by atoms with van der Waals surface area (Å²) < 4.78 is 5.71. The number of phenols is 1. The Balaban J connectivity index is 0.000000189. The Hall–Kier alpha value is -5.00. The van der Waals surface area contributed by atoms with Gasteiger partial charge in [0.25, 0.3) is 0 Å². The average Bonchev–Trinajstić information content (AvgIpc) is 3.25. The van der Waals surface area contributed by atoms with Crippen molar-refractivity contribution in [3.05, 3.63) is 118 Å². The van der Waals surface area contributed by atoms with Crippen molar-refractivity contribution in [1.29, 1.82) is 0 Å². The molecule has 6 aromatic rings. The van der Waals surface area contributed by atoms with Gasteiger partial charge in [0.1, 0.15) is 23.1 Å². The summed E-state index contributed by atoms with van der Waals surface area (Å²) in [5, 5.41) is 28.4. The van der Waals surface area contributed by atoms with Gasteiger partial charge < -0.3 is 40.9 Å². The predicted molar refractivity (Wildman–Crippen MR) is 266 cm³/mol. The number of methoxy groups -OCH3 is 1. The third-order valence-electron chi connectivity index (χ3n) is 11.5. The zero-order valence-corrected chi connectivity index (χ0v) is 39.4. The smallest absolute Gasteiger partial charge is 0.130 e. The normalized spacial score (nSPS) is 15.3. The quantitative estimate of drug-likeness (QED) is 0.0863. The second-order valence-corrected chi connectivity index (χ2v) is 19.7. The van der Waals surface area contributed by atoms with Gasteiger partial charge in [-0.2, -0.15) is 0 Å². The lowest BCUT2D eigenvalue weighted by molar-refractivity contribution is 0.317. The molecule has 12 heteroatoms. The first-order valence-electron chi connectivity index (χ1n) is 22.2. The van der Waals surface area contributed by atoms with Crippen molar-refractivity contribution in [1.82, 2.24) is 20.6 Å². The van der Waals surface area contributed by atoms with Gasteiger partial charge in [-0.15, -0.1) is 0 Å². The van der Waals surface area contributed by atoms with Crippen LogP contribution in [0.2, 0.25) is 10.0 Å². The van der Waals surface area contributed by atoms with Gasteiger partial charge in [-0.25, -0.2) is 9.97 Å². The molecule has 0 atom stereocenters. The summed E-state index contributed by atoms with van der Waals surface area (Å²) in [7, 11) is 1.73. The number of aromatic hydroxyl groups is 1. The Bertz CT molecular complexity index is 2440. The number of phenolic OH excluding ortho intramolecular Hbond substituents is 1. The SMILES string of the molecule is CC(C)(C)NC1CCN(c2cc(NCc3ccc(Cl)cc3)nc3cccc(O)c23)CC1.COc1cccc2nc(NCc3ccc(Cl)cc3)cc(N3CCC(NC(C)(C)C)CC3)c12. The number of nitrogens with one attached hydrogen (secondary N) is 4. The van der Waals surface area contributed by atoms with Crippen molar-refractivity contribution in [2.24, 2.45) is 0 Å². The fourth-order valence-electron chi connectivity index (χ4n) is 8.68. The van der Waals surface area contributed by atoms with Gasteiger partial charge in [0, 0.05) is 84.6 Å². The fraction of sp³-hybridized carbons (Fsp3) is 0.412. The average molecular weight is 892 g/mol. The van der Waals surface area contributed by atoms with Crippen LogP contribution in [-0.4, -0.2) is 71.5 Å². The Labute approximate surface area is 383 Å². The number of rotatable bonds is 11. The van der Waals surface area contributed by atoms with Crippen LogP contribution in [0.25, 0.3) is 21.8 Å². The molecular weight excluding hydrogens is 828 g/mol. The van der Waals surface area contributed by atoms with Crippen LogP contribution in [0.1, 0.15) is 78.4 Å². The Morgan fingerprint density at radius 2 is 1.02 bits per heavy atom. The van der Waals surface area contributed by atoms with E-state index in [9.17, 15) is 5.11 Å². The van der Waals surface area contributed by atoms with Crippen LogP contribution in [-0.2, 0) is 13.1 Å². The van der Waals surface area contributed by atoms with Crippen LogP contribution < -0.4 is 35.8 Å². The maximum Gasteiger partial charge on any atom is 0.130 e. The largest absolute Gasteiger partial charge is 0.507 e. The summed E-state index contributed by atoms with van der Waals surface area (Å²) in [6.45, 7) is 18.6. The van der Waals surface area contributed by atoms with E-state index in [0.29, 0.717) is 25.2 Å². The third-order valence-corrected chi connectivity index (χ3v) is 12.0. The molecule has 4 heterocycles. The van der Waals surface area contributed by atoms with Crippen molar-refractivity contribution in [2.45, 2.75) is 103 Å². The molecule has 2 aromatic heterocycles. The minimum Gasteiger partial charge on any atom is -0.507 e. The monoisotopic (exact) mass is 890 g/mol. The molecule has 2 saturated heterocycles. The molecule has 0 unspecified atom stereocenters. The highest BCUT2D eigenvalue weighted by molar-refractivity contribution is 6.30. The highest BCUT2D eigenvalue weighted by Crippen LogP contribution is 2.38. The summed E-state index contributed by atoms with van der Waals surface area (Å²) in [4.78, 5) is 14.5. The molecule has 5 N–H and O–H groups in total. The van der Waals surface area contributed by atoms with E-state index in [1.165, 1.54) is 5.69 Å². The van der Waals surface area contributed by atoms with Crippen LogP contribution in [0, 0.1) is 0 Å². The molecule has 0 amide bonds. The first-order valence-corrected chi connectivity index (χ1v) is 23.0. The Kier molecular flexibility index (Phi) is 14.8. The standard InChI is InChI=1S/C26H33ClN4O.C25H31ClN4O/c1-26(2,3)30-20-12-14-31(15-13-20)22-16-24(28-17-18-8-10-19(27)11-9-18)29-21-6-5-7-23(32-4)25(21)22;1-25(2,3)29-19-11-13-30(14-12-19)21-15-23(27-16-17-7-9-18(26)10-8-17)28-20-5-4-6-22(31)24(20)21/h5-11,16,20,30H,12-15,17H2,1-4H3,(H,28,29);4-10,15,19,29,31H,11-14,16H2,1-3H3,(H,27,28). The van der Waals surface area contributed by atoms with Gasteiger partial charge in [-0.1, -0.05) is 59.6 Å². The number of ether oxygens (including phenoxy) is 1. The summed E-state index contributed by atoms with van der Waals surface area (Å²) in [5.41, 5.74) is 6.51. The third kappa shape index (κ3) is 12.6. The second kappa shape index (κ2) is 20.2. The number of pyridine rings is 2. The second-order valence-electron chi connectivity index (χ2n) is 18.9. The van der Waals surface area contributed by atoms with E-state index in [0.717, 1.165) is 118 Å². The van der Waals surface area contributed by atoms with Crippen molar-refractivity contribution in [3.63, 3.8) is 0 Å². The number of hydrogen-bond acceptors (Lipinski definition) is 10. The van der Waals surface area contributed by atoms with E-state index >= 15 is 0 Å². The number of benzene rings is 4. The van der Waals surface area contributed by atoms with Gasteiger partial charge in [-0.3, -0.25) is 0 Å². The van der Waals surface area contributed by atoms with Crippen LogP contribution in [0.5, 0.6) is 11.5 Å². The number of fused-ring (bicyclic) bond motifs is 2. The minimum absolute atomic E-state index is 0.118. The van der Waals surface area contributed by atoms with Crippen molar-refractivity contribution < 1.29 is 9.84 Å². The summed E-state index contributed by atoms with van der Waals surface area (Å²) in [6, 6.07) is 32.6. The molecule has 8 rings (SSSR count). The van der Waals surface area contributed by atoms with Gasteiger partial charge in [0.05, 0.1) is 40.3 Å². The molecule has 0 bridgehead atoms. The van der Waals surface area contributed by atoms with Gasteiger partial charge in [-0.05, 0) is 127 Å². The molecule has 2 fully saturated rings. The highest BCUT2D eigenvalue weighted by atomic mass is 35.5. The molecule has 334 valence electrons. The lowest BCUT2D eigenvalue weighted by atomic mass is 9.99. The van der Waals surface area contributed by atoms with E-state index in [-0.39, 0.29) is 16.8 Å². The molecule has 2 aliphatic heterocycles. The van der Waals surface area contributed by atoms with E-state index < -0.39 is 0 Å². The van der Waals surface area contributed by atoms with Crippen LogP contribution in [0.3, 0.4) is 0 Å². The topological polar surface area (TPSA) is 110 Å². The molecule has 4 aromatic carbocycles. The van der Waals surface area contributed by atoms with Gasteiger partial charge in [0.15, 0.2) is 0 Å². The number of piperidine rings is 2. The van der Waals surface area contributed by atoms with Crippen LogP contribution in [0.4, 0.5) is 23.0 Å². The zero-order chi connectivity index (χ0) is 44.7. The predicted octanol–water partition coefficient (Wildman–Crippen LogP) is 11.4. The summed E-state index contributed by atoms with van der Waals surface area (Å²) in [5.74, 6) is 2.81. The van der Waals surface area contributed by atoms with E-state index in [1.54, 1.807) is 13.2 Å². The first-order chi connectivity index (χ1) is 30.1. The lowest BCUT2D eigenvalue weighted by Gasteiger charge is -2.38. The molecule has 2 aliphatic rings. The first kappa shape index (κ1) is 46.0. The number of hydrogen-bond donors (Lipinski definition) is 5. The van der Waals surface area contributed by atoms with Gasteiger partial charge >= 0.3 is 0 Å². The highest BCUT2D eigenvalue weighted by Gasteiger charge is 2.27. The molecule has 0 aliphatic carbocycles. The molecule has 0 radical (unpaired) electrons. The maximum atomic E-state index is 10.6. The number of anilines is 4. The Morgan fingerprint density at radius 1 is 0.603 bits per heavy atom. The van der Waals surface area contributed by atoms with Crippen LogP contribution >= 0.6 is 23.2 Å².